The van der Waals surface area contributed by atoms with Gasteiger partial charge in [-0.05, 0) is 108 Å². The SMILES string of the molecule is COC(=O)C(NC(=O)[C@H]1CC[C@H](C(=O)NC(C(=O)OC)[C@H]2CN3CCC2CC3)CC1)[C@H]1CCN2CCC1CC2. The smallest absolute Gasteiger partial charge is 0.328 e. The van der Waals surface area contributed by atoms with Crippen LogP contribution in [-0.2, 0) is 28.7 Å². The van der Waals surface area contributed by atoms with Crippen LogP contribution in [0.25, 0.3) is 0 Å². The van der Waals surface area contributed by atoms with Crippen molar-refractivity contribution in [2.75, 3.05) is 53.5 Å². The number of hydrogen-bond donors (Lipinski definition) is 2. The summed E-state index contributed by atoms with van der Waals surface area (Å²) in [5.74, 6) is -0.379. The molecule has 10 heteroatoms. The van der Waals surface area contributed by atoms with Crippen molar-refractivity contribution in [1.82, 2.24) is 20.4 Å². The molecule has 4 bridgehead atoms. The summed E-state index contributed by atoms with van der Waals surface area (Å²) in [6.07, 6.45) is 7.45. The van der Waals surface area contributed by atoms with Gasteiger partial charge in [-0.15, -0.1) is 0 Å². The number of carbonyl (C=O) groups excluding carboxylic acids is 4. The summed E-state index contributed by atoms with van der Waals surface area (Å²) in [5, 5.41) is 6.13. The molecule has 6 aliphatic heterocycles. The number of nitrogens with one attached hydrogen (secondary N) is 2. The number of rotatable bonds is 8. The quantitative estimate of drug-likeness (QED) is 0.436. The predicted octanol–water partition coefficient (Wildman–Crippen LogP) is 1.18. The second kappa shape index (κ2) is 12.5. The third kappa shape index (κ3) is 6.26. The monoisotopic (exact) mass is 546 g/mol. The molecule has 0 radical (unpaired) electrons. The third-order valence-corrected chi connectivity index (χ3v) is 10.6. The number of piperidine rings is 4. The summed E-state index contributed by atoms with van der Waals surface area (Å²) in [4.78, 5) is 56.9. The maximum atomic E-state index is 13.3. The van der Waals surface area contributed by atoms with Crippen LogP contribution in [0.1, 0.15) is 57.8 Å². The van der Waals surface area contributed by atoms with E-state index in [1.165, 1.54) is 14.2 Å². The molecule has 39 heavy (non-hydrogen) atoms. The Morgan fingerprint density at radius 1 is 0.590 bits per heavy atom. The zero-order valence-electron chi connectivity index (χ0n) is 23.6. The lowest BCUT2D eigenvalue weighted by atomic mass is 9.74. The molecule has 7 aliphatic rings. The predicted molar refractivity (Wildman–Crippen MR) is 143 cm³/mol. The van der Waals surface area contributed by atoms with Gasteiger partial charge in [0.05, 0.1) is 14.2 Å². The van der Waals surface area contributed by atoms with Crippen LogP contribution >= 0.6 is 0 Å². The van der Waals surface area contributed by atoms with Crippen molar-refractivity contribution in [3.63, 3.8) is 0 Å². The highest BCUT2D eigenvalue weighted by Crippen LogP contribution is 2.37. The largest absolute Gasteiger partial charge is 0.467 e. The van der Waals surface area contributed by atoms with Crippen LogP contribution in [-0.4, -0.2) is 99.1 Å². The summed E-state index contributed by atoms with van der Waals surface area (Å²) < 4.78 is 10.2. The van der Waals surface area contributed by atoms with Gasteiger partial charge < -0.3 is 29.9 Å². The highest BCUT2D eigenvalue weighted by molar-refractivity contribution is 5.87. The molecule has 2 unspecified atom stereocenters. The molecule has 7 rings (SSSR count). The molecule has 4 atom stereocenters. The molecular formula is C29H46N4O6. The van der Waals surface area contributed by atoms with Crippen LogP contribution in [0.15, 0.2) is 0 Å². The van der Waals surface area contributed by atoms with Gasteiger partial charge in [0.15, 0.2) is 0 Å². The van der Waals surface area contributed by atoms with E-state index in [1.807, 2.05) is 0 Å². The molecule has 6 saturated heterocycles. The Kier molecular flexibility index (Phi) is 9.11. The number of methoxy groups -OCH3 is 2. The number of carbonyl (C=O) groups is 4. The molecular weight excluding hydrogens is 500 g/mol. The average Bonchev–Trinajstić information content (AvgIpc) is 3.32. The fourth-order valence-electron chi connectivity index (χ4n) is 8.09. The van der Waals surface area contributed by atoms with Crippen molar-refractivity contribution >= 4 is 23.8 Å². The molecule has 0 spiro atoms. The van der Waals surface area contributed by atoms with Crippen molar-refractivity contribution in [2.24, 2.45) is 35.5 Å². The van der Waals surface area contributed by atoms with Gasteiger partial charge in [0.25, 0.3) is 0 Å². The maximum Gasteiger partial charge on any atom is 0.328 e. The minimum atomic E-state index is -0.622. The van der Waals surface area contributed by atoms with Gasteiger partial charge >= 0.3 is 11.9 Å². The first-order valence-corrected chi connectivity index (χ1v) is 15.1. The molecule has 6 heterocycles. The van der Waals surface area contributed by atoms with Gasteiger partial charge in [-0.2, -0.15) is 0 Å². The third-order valence-electron chi connectivity index (χ3n) is 10.6. The molecule has 1 saturated carbocycles. The van der Waals surface area contributed by atoms with Gasteiger partial charge in [0.2, 0.25) is 11.8 Å². The van der Waals surface area contributed by atoms with E-state index in [2.05, 4.69) is 20.4 Å². The molecule has 2 amide bonds. The Bertz CT molecular complexity index is 905. The van der Waals surface area contributed by atoms with E-state index in [0.29, 0.717) is 37.5 Å². The van der Waals surface area contributed by atoms with Crippen LogP contribution in [0.3, 0.4) is 0 Å². The van der Waals surface area contributed by atoms with Crippen molar-refractivity contribution in [3.8, 4) is 0 Å². The highest BCUT2D eigenvalue weighted by atomic mass is 16.5. The summed E-state index contributed by atoms with van der Waals surface area (Å²) in [6, 6.07) is -1.24. The number of ether oxygens (including phenoxy) is 2. The van der Waals surface area contributed by atoms with E-state index in [-0.39, 0.29) is 47.4 Å². The lowest BCUT2D eigenvalue weighted by molar-refractivity contribution is -0.150. The lowest BCUT2D eigenvalue weighted by Crippen LogP contribution is -2.58. The van der Waals surface area contributed by atoms with Gasteiger partial charge in [-0.1, -0.05) is 0 Å². The van der Waals surface area contributed by atoms with Crippen molar-refractivity contribution < 1.29 is 28.7 Å². The second-order valence-corrected chi connectivity index (χ2v) is 12.5. The molecule has 0 aromatic heterocycles. The summed E-state index contributed by atoms with van der Waals surface area (Å²) in [6.45, 7) is 6.02. The number of fused-ring (bicyclic) bond motifs is 7. The second-order valence-electron chi connectivity index (χ2n) is 12.5. The zero-order valence-corrected chi connectivity index (χ0v) is 23.6. The van der Waals surface area contributed by atoms with Crippen molar-refractivity contribution in [2.45, 2.75) is 69.9 Å². The number of amides is 2. The molecule has 1 aliphatic carbocycles. The lowest BCUT2D eigenvalue weighted by Gasteiger charge is -2.47. The van der Waals surface area contributed by atoms with Crippen LogP contribution in [0.4, 0.5) is 0 Å². The molecule has 7 fully saturated rings. The van der Waals surface area contributed by atoms with E-state index in [1.54, 1.807) is 0 Å². The normalized spacial score (nSPS) is 37.2. The van der Waals surface area contributed by atoms with E-state index in [4.69, 9.17) is 9.47 Å². The number of esters is 2. The fourth-order valence-corrected chi connectivity index (χ4v) is 8.09. The number of hydrogen-bond acceptors (Lipinski definition) is 8. The van der Waals surface area contributed by atoms with E-state index in [0.717, 1.165) is 71.4 Å². The molecule has 218 valence electrons. The van der Waals surface area contributed by atoms with E-state index in [9.17, 15) is 19.2 Å². The minimum Gasteiger partial charge on any atom is -0.467 e. The van der Waals surface area contributed by atoms with Crippen molar-refractivity contribution in [3.05, 3.63) is 0 Å². The topological polar surface area (TPSA) is 117 Å². The van der Waals surface area contributed by atoms with E-state index >= 15 is 0 Å². The summed E-state index contributed by atoms with van der Waals surface area (Å²) >= 11 is 0. The average molecular weight is 547 g/mol. The zero-order chi connectivity index (χ0) is 27.5. The van der Waals surface area contributed by atoms with Gasteiger partial charge in [0.1, 0.15) is 12.1 Å². The Labute approximate surface area is 231 Å². The van der Waals surface area contributed by atoms with Crippen LogP contribution in [0.2, 0.25) is 0 Å². The van der Waals surface area contributed by atoms with Gasteiger partial charge in [-0.25, -0.2) is 9.59 Å². The minimum absolute atomic E-state index is 0.0807. The van der Waals surface area contributed by atoms with Gasteiger partial charge in [0, 0.05) is 24.3 Å². The standard InChI is InChI=1S/C29H46N4O6/c1-38-28(36)24(22-11-16-32-12-7-18(22)8-13-32)30-26(34)20-3-5-21(6-4-20)27(35)31-25(29(37)39-2)23-17-33-14-9-19(23)10-15-33/h18-25H,3-17H2,1-2H3,(H,30,34)(H,31,35)/t20-,21-,22-,23-,24?,25?/m0/s1. The Morgan fingerprint density at radius 3 is 1.44 bits per heavy atom. The van der Waals surface area contributed by atoms with Gasteiger partial charge in [-0.3, -0.25) is 9.59 Å². The Morgan fingerprint density at radius 2 is 1.00 bits per heavy atom. The Balaban J connectivity index is 1.15. The first kappa shape index (κ1) is 28.3. The molecule has 10 nitrogen and oxygen atoms in total. The first-order chi connectivity index (χ1) is 18.9. The molecule has 0 aromatic carbocycles. The Hall–Kier alpha value is -2.20. The first-order valence-electron chi connectivity index (χ1n) is 15.1. The maximum absolute atomic E-state index is 13.3. The van der Waals surface area contributed by atoms with Crippen LogP contribution in [0, 0.1) is 35.5 Å². The van der Waals surface area contributed by atoms with Crippen LogP contribution in [0.5, 0.6) is 0 Å². The van der Waals surface area contributed by atoms with Crippen LogP contribution < -0.4 is 10.6 Å². The summed E-state index contributed by atoms with van der Waals surface area (Å²) in [5.41, 5.74) is 0. The van der Waals surface area contributed by atoms with Crippen molar-refractivity contribution in [1.29, 1.82) is 0 Å². The molecule has 2 N–H and O–H groups in total. The highest BCUT2D eigenvalue weighted by Gasteiger charge is 2.44. The molecule has 0 aromatic rings. The summed E-state index contributed by atoms with van der Waals surface area (Å²) in [7, 11) is 2.77. The fraction of sp³-hybridized carbons (Fsp3) is 0.862. The van der Waals surface area contributed by atoms with E-state index < -0.39 is 12.1 Å². The number of nitrogens with zero attached hydrogens (tertiary/aromatic N) is 2.